The van der Waals surface area contributed by atoms with Gasteiger partial charge in [0.15, 0.2) is 0 Å². The SMILES string of the molecule is O=[N+]([O-])c1ccc(CC2(CO)CC2)c(Br)c1. The highest BCUT2D eigenvalue weighted by Gasteiger charge is 2.42. The molecule has 0 spiro atoms. The molecular weight excluding hydrogens is 274 g/mol. The van der Waals surface area contributed by atoms with Gasteiger partial charge in [-0.25, -0.2) is 0 Å². The molecule has 0 radical (unpaired) electrons. The van der Waals surface area contributed by atoms with E-state index in [4.69, 9.17) is 0 Å². The third-order valence-electron chi connectivity index (χ3n) is 3.11. The van der Waals surface area contributed by atoms with E-state index in [1.54, 1.807) is 6.07 Å². The zero-order chi connectivity index (χ0) is 11.8. The van der Waals surface area contributed by atoms with E-state index in [1.807, 2.05) is 0 Å². The zero-order valence-electron chi connectivity index (χ0n) is 8.65. The van der Waals surface area contributed by atoms with Crippen LogP contribution in [0.4, 0.5) is 5.69 Å². The highest BCUT2D eigenvalue weighted by atomic mass is 79.9. The molecule has 1 aromatic rings. The van der Waals surface area contributed by atoms with Gasteiger partial charge in [0.2, 0.25) is 0 Å². The summed E-state index contributed by atoms with van der Waals surface area (Å²) in [7, 11) is 0. The predicted octanol–water partition coefficient (Wildman–Crippen LogP) is 2.67. The highest BCUT2D eigenvalue weighted by Crippen LogP contribution is 2.48. The molecule has 0 bridgehead atoms. The molecule has 0 aliphatic heterocycles. The Morgan fingerprint density at radius 1 is 1.50 bits per heavy atom. The van der Waals surface area contributed by atoms with Gasteiger partial charge in [-0.05, 0) is 30.2 Å². The number of non-ortho nitro benzene ring substituents is 1. The maximum absolute atomic E-state index is 10.6. The summed E-state index contributed by atoms with van der Waals surface area (Å²) < 4.78 is 0.751. The molecule has 1 aliphatic rings. The average Bonchev–Trinajstić information content (AvgIpc) is 3.01. The molecule has 0 saturated heterocycles. The number of aliphatic hydroxyl groups is 1. The smallest absolute Gasteiger partial charge is 0.270 e. The summed E-state index contributed by atoms with van der Waals surface area (Å²) in [6.07, 6.45) is 2.85. The van der Waals surface area contributed by atoms with Crippen LogP contribution < -0.4 is 0 Å². The summed E-state index contributed by atoms with van der Waals surface area (Å²) in [6, 6.07) is 4.79. The first-order valence-electron chi connectivity index (χ1n) is 5.10. The van der Waals surface area contributed by atoms with Crippen LogP contribution >= 0.6 is 15.9 Å². The lowest BCUT2D eigenvalue weighted by molar-refractivity contribution is -0.384. The average molecular weight is 286 g/mol. The minimum absolute atomic E-state index is 0.0264. The molecule has 1 aromatic carbocycles. The van der Waals surface area contributed by atoms with Gasteiger partial charge in [-0.15, -0.1) is 0 Å². The molecule has 1 saturated carbocycles. The van der Waals surface area contributed by atoms with Gasteiger partial charge in [-0.2, -0.15) is 0 Å². The Bertz CT molecular complexity index is 429. The molecule has 1 aliphatic carbocycles. The van der Waals surface area contributed by atoms with Crippen molar-refractivity contribution in [1.29, 1.82) is 0 Å². The molecule has 0 heterocycles. The van der Waals surface area contributed by atoms with Gasteiger partial charge in [0, 0.05) is 23.2 Å². The first-order chi connectivity index (χ1) is 7.56. The van der Waals surface area contributed by atoms with Crippen LogP contribution in [0.2, 0.25) is 0 Å². The van der Waals surface area contributed by atoms with Crippen LogP contribution in [0.5, 0.6) is 0 Å². The Kier molecular flexibility index (Phi) is 2.99. The number of rotatable bonds is 4. The minimum Gasteiger partial charge on any atom is -0.396 e. The summed E-state index contributed by atoms with van der Waals surface area (Å²) in [4.78, 5) is 10.2. The van der Waals surface area contributed by atoms with E-state index in [0.717, 1.165) is 29.3 Å². The van der Waals surface area contributed by atoms with Crippen molar-refractivity contribution in [2.45, 2.75) is 19.3 Å². The van der Waals surface area contributed by atoms with Crippen molar-refractivity contribution in [3.05, 3.63) is 38.3 Å². The molecule has 86 valence electrons. The van der Waals surface area contributed by atoms with Crippen molar-refractivity contribution in [3.63, 3.8) is 0 Å². The molecule has 0 atom stereocenters. The third kappa shape index (κ3) is 2.25. The Morgan fingerprint density at radius 2 is 2.19 bits per heavy atom. The fourth-order valence-corrected chi connectivity index (χ4v) is 2.27. The van der Waals surface area contributed by atoms with Gasteiger partial charge >= 0.3 is 0 Å². The van der Waals surface area contributed by atoms with Crippen molar-refractivity contribution >= 4 is 21.6 Å². The molecular formula is C11H12BrNO3. The Morgan fingerprint density at radius 3 is 2.62 bits per heavy atom. The summed E-state index contributed by atoms with van der Waals surface area (Å²) in [6.45, 7) is 0.191. The second kappa shape index (κ2) is 4.14. The summed E-state index contributed by atoms with van der Waals surface area (Å²) in [5.41, 5.74) is 1.14. The molecule has 1 fully saturated rings. The second-order valence-electron chi connectivity index (χ2n) is 4.37. The number of aliphatic hydroxyl groups excluding tert-OH is 1. The lowest BCUT2D eigenvalue weighted by Crippen LogP contribution is -2.10. The van der Waals surface area contributed by atoms with Gasteiger partial charge in [0.1, 0.15) is 0 Å². The van der Waals surface area contributed by atoms with E-state index in [1.165, 1.54) is 12.1 Å². The van der Waals surface area contributed by atoms with Crippen molar-refractivity contribution in [2.24, 2.45) is 5.41 Å². The predicted molar refractivity (Wildman–Crippen MR) is 63.3 cm³/mol. The molecule has 2 rings (SSSR count). The van der Waals surface area contributed by atoms with E-state index in [2.05, 4.69) is 15.9 Å². The monoisotopic (exact) mass is 285 g/mol. The van der Waals surface area contributed by atoms with Crippen molar-refractivity contribution in [3.8, 4) is 0 Å². The van der Waals surface area contributed by atoms with Crippen LogP contribution in [0.1, 0.15) is 18.4 Å². The molecule has 4 nitrogen and oxygen atoms in total. The number of benzene rings is 1. The van der Waals surface area contributed by atoms with Gasteiger partial charge < -0.3 is 5.11 Å². The molecule has 0 unspecified atom stereocenters. The number of nitro groups is 1. The first kappa shape index (κ1) is 11.5. The third-order valence-corrected chi connectivity index (χ3v) is 3.84. The van der Waals surface area contributed by atoms with Gasteiger partial charge in [0.05, 0.1) is 4.92 Å². The second-order valence-corrected chi connectivity index (χ2v) is 5.22. The van der Waals surface area contributed by atoms with Gasteiger partial charge in [-0.1, -0.05) is 22.0 Å². The number of nitro benzene ring substituents is 1. The molecule has 16 heavy (non-hydrogen) atoms. The minimum atomic E-state index is -0.409. The molecule has 5 heteroatoms. The van der Waals surface area contributed by atoms with Gasteiger partial charge in [0.25, 0.3) is 5.69 Å². The Balaban J connectivity index is 2.20. The van der Waals surface area contributed by atoms with E-state index in [9.17, 15) is 15.2 Å². The Hall–Kier alpha value is -0.940. The highest BCUT2D eigenvalue weighted by molar-refractivity contribution is 9.10. The van der Waals surface area contributed by atoms with E-state index >= 15 is 0 Å². The van der Waals surface area contributed by atoms with Crippen molar-refractivity contribution in [2.75, 3.05) is 6.61 Å². The topological polar surface area (TPSA) is 63.4 Å². The lowest BCUT2D eigenvalue weighted by Gasteiger charge is -2.12. The van der Waals surface area contributed by atoms with Crippen LogP contribution in [-0.2, 0) is 6.42 Å². The summed E-state index contributed by atoms with van der Waals surface area (Å²) in [5, 5.41) is 19.8. The number of hydrogen-bond donors (Lipinski definition) is 1. The van der Waals surface area contributed by atoms with Crippen LogP contribution in [0.15, 0.2) is 22.7 Å². The van der Waals surface area contributed by atoms with E-state index in [0.29, 0.717) is 0 Å². The van der Waals surface area contributed by atoms with Crippen molar-refractivity contribution in [1.82, 2.24) is 0 Å². The fourth-order valence-electron chi connectivity index (χ4n) is 1.76. The fraction of sp³-hybridized carbons (Fsp3) is 0.455. The summed E-state index contributed by atoms with van der Waals surface area (Å²) >= 11 is 3.34. The molecule has 1 N–H and O–H groups in total. The number of halogens is 1. The summed E-state index contributed by atoms with van der Waals surface area (Å²) in [5.74, 6) is 0. The number of nitrogens with zero attached hydrogens (tertiary/aromatic N) is 1. The largest absolute Gasteiger partial charge is 0.396 e. The van der Waals surface area contributed by atoms with Gasteiger partial charge in [-0.3, -0.25) is 10.1 Å². The Labute approximate surface area is 102 Å². The van der Waals surface area contributed by atoms with E-state index < -0.39 is 4.92 Å². The molecule has 0 amide bonds. The molecule has 0 aromatic heterocycles. The van der Waals surface area contributed by atoms with Crippen LogP contribution in [0.25, 0.3) is 0 Å². The van der Waals surface area contributed by atoms with E-state index in [-0.39, 0.29) is 17.7 Å². The van der Waals surface area contributed by atoms with Crippen LogP contribution in [0, 0.1) is 15.5 Å². The van der Waals surface area contributed by atoms with Crippen LogP contribution in [0.3, 0.4) is 0 Å². The maximum Gasteiger partial charge on any atom is 0.270 e. The van der Waals surface area contributed by atoms with Crippen LogP contribution in [-0.4, -0.2) is 16.6 Å². The first-order valence-corrected chi connectivity index (χ1v) is 5.89. The van der Waals surface area contributed by atoms with Crippen molar-refractivity contribution < 1.29 is 10.0 Å². The zero-order valence-corrected chi connectivity index (χ0v) is 10.2. The normalized spacial score (nSPS) is 17.1. The maximum atomic E-state index is 10.6. The quantitative estimate of drug-likeness (QED) is 0.683. The number of hydrogen-bond acceptors (Lipinski definition) is 3. The standard InChI is InChI=1S/C11H12BrNO3/c12-10-5-9(13(15)16)2-1-8(10)6-11(7-14)3-4-11/h1-2,5,14H,3-4,6-7H2. The lowest BCUT2D eigenvalue weighted by atomic mass is 9.97.